The number of carbonyl (C=O) groups is 1. The van der Waals surface area contributed by atoms with Crippen molar-refractivity contribution in [1.29, 1.82) is 0 Å². The maximum absolute atomic E-state index is 11.9. The summed E-state index contributed by atoms with van der Waals surface area (Å²) in [6.45, 7) is 0.437. The second kappa shape index (κ2) is 6.17. The van der Waals surface area contributed by atoms with E-state index in [1.165, 1.54) is 6.33 Å². The van der Waals surface area contributed by atoms with Gasteiger partial charge in [-0.15, -0.1) is 0 Å². The minimum absolute atomic E-state index is 0.217. The van der Waals surface area contributed by atoms with Crippen molar-refractivity contribution in [1.82, 2.24) is 20.3 Å². The second-order valence-corrected chi connectivity index (χ2v) is 4.78. The molecule has 0 bridgehead atoms. The van der Waals surface area contributed by atoms with Crippen molar-refractivity contribution in [3.05, 3.63) is 60.3 Å². The van der Waals surface area contributed by atoms with E-state index in [1.54, 1.807) is 12.3 Å². The normalized spacial score (nSPS) is 10.4. The Labute approximate surface area is 127 Å². The van der Waals surface area contributed by atoms with Gasteiger partial charge in [-0.1, -0.05) is 12.1 Å². The number of rotatable bonds is 4. The maximum Gasteiger partial charge on any atom is 0.270 e. The highest BCUT2D eigenvalue weighted by Crippen LogP contribution is 2.18. The summed E-state index contributed by atoms with van der Waals surface area (Å²) >= 11 is 0. The molecule has 6 heteroatoms. The van der Waals surface area contributed by atoms with Crippen molar-refractivity contribution >= 4 is 22.5 Å². The van der Waals surface area contributed by atoms with Crippen LogP contribution < -0.4 is 10.6 Å². The number of hydrogen-bond donors (Lipinski definition) is 2. The van der Waals surface area contributed by atoms with E-state index < -0.39 is 0 Å². The van der Waals surface area contributed by atoms with Crippen LogP contribution in [0.4, 0.5) is 5.82 Å². The zero-order valence-corrected chi connectivity index (χ0v) is 12.1. The van der Waals surface area contributed by atoms with Crippen molar-refractivity contribution in [2.75, 3.05) is 12.4 Å². The van der Waals surface area contributed by atoms with E-state index in [1.807, 2.05) is 37.5 Å². The molecule has 0 aliphatic heterocycles. The topological polar surface area (TPSA) is 79.8 Å². The monoisotopic (exact) mass is 293 g/mol. The molecule has 2 aromatic heterocycles. The van der Waals surface area contributed by atoms with Gasteiger partial charge in [0.25, 0.3) is 5.91 Å². The fraction of sp³-hybridized carbons (Fsp3) is 0.125. The van der Waals surface area contributed by atoms with Gasteiger partial charge in [0.1, 0.15) is 17.8 Å². The van der Waals surface area contributed by atoms with Gasteiger partial charge >= 0.3 is 0 Å². The molecule has 0 spiro atoms. The molecule has 0 unspecified atom stereocenters. The van der Waals surface area contributed by atoms with Crippen LogP contribution in [-0.4, -0.2) is 27.9 Å². The Kier molecular flexibility index (Phi) is 3.91. The van der Waals surface area contributed by atoms with Crippen molar-refractivity contribution in [2.45, 2.75) is 6.54 Å². The summed E-state index contributed by atoms with van der Waals surface area (Å²) in [5, 5.41) is 7.99. The van der Waals surface area contributed by atoms with Gasteiger partial charge in [-0.3, -0.25) is 4.79 Å². The highest BCUT2D eigenvalue weighted by Gasteiger charge is 2.06. The van der Waals surface area contributed by atoms with Crippen LogP contribution >= 0.6 is 0 Å². The second-order valence-electron chi connectivity index (χ2n) is 4.78. The summed E-state index contributed by atoms with van der Waals surface area (Å²) in [4.78, 5) is 23.9. The van der Waals surface area contributed by atoms with Crippen LogP contribution in [0.3, 0.4) is 0 Å². The Morgan fingerprint density at radius 1 is 1.14 bits per heavy atom. The largest absolute Gasteiger partial charge is 0.373 e. The first-order valence-corrected chi connectivity index (χ1v) is 6.87. The quantitative estimate of drug-likeness (QED) is 0.769. The summed E-state index contributed by atoms with van der Waals surface area (Å²) in [5.41, 5.74) is 1.37. The number of fused-ring (bicyclic) bond motifs is 1. The SMILES string of the molecule is CNc1cc2ccc(CNC(=O)c3ccncn3)cc2cn1. The van der Waals surface area contributed by atoms with Crippen molar-refractivity contribution < 1.29 is 4.79 Å². The van der Waals surface area contributed by atoms with Gasteiger partial charge in [-0.05, 0) is 29.1 Å². The Balaban J connectivity index is 1.73. The summed E-state index contributed by atoms with van der Waals surface area (Å²) in [5.74, 6) is 0.614. The molecule has 0 fully saturated rings. The van der Waals surface area contributed by atoms with Gasteiger partial charge in [0, 0.05) is 31.4 Å². The Bertz CT molecular complexity index is 804. The average Bonchev–Trinajstić information content (AvgIpc) is 2.59. The lowest BCUT2D eigenvalue weighted by Gasteiger charge is -2.07. The van der Waals surface area contributed by atoms with Gasteiger partial charge in [0.05, 0.1) is 0 Å². The molecule has 3 aromatic rings. The van der Waals surface area contributed by atoms with Crippen LogP contribution in [0.25, 0.3) is 10.8 Å². The number of amides is 1. The predicted molar refractivity (Wildman–Crippen MR) is 84.5 cm³/mol. The van der Waals surface area contributed by atoms with E-state index in [0.717, 1.165) is 22.2 Å². The van der Waals surface area contributed by atoms with Gasteiger partial charge in [-0.2, -0.15) is 0 Å². The summed E-state index contributed by atoms with van der Waals surface area (Å²) in [6, 6.07) is 9.59. The molecule has 110 valence electrons. The van der Waals surface area contributed by atoms with E-state index in [-0.39, 0.29) is 5.91 Å². The number of anilines is 1. The molecule has 0 aliphatic carbocycles. The third kappa shape index (κ3) is 3.01. The highest BCUT2D eigenvalue weighted by atomic mass is 16.1. The molecule has 6 nitrogen and oxygen atoms in total. The van der Waals surface area contributed by atoms with Crippen LogP contribution in [-0.2, 0) is 6.54 Å². The van der Waals surface area contributed by atoms with Crippen LogP contribution in [0.15, 0.2) is 49.1 Å². The van der Waals surface area contributed by atoms with Crippen molar-refractivity contribution in [2.24, 2.45) is 0 Å². The number of nitrogens with one attached hydrogen (secondary N) is 2. The van der Waals surface area contributed by atoms with Gasteiger partial charge < -0.3 is 10.6 Å². The van der Waals surface area contributed by atoms with E-state index in [4.69, 9.17) is 0 Å². The Morgan fingerprint density at radius 3 is 2.82 bits per heavy atom. The first-order chi connectivity index (χ1) is 10.8. The van der Waals surface area contributed by atoms with Gasteiger partial charge in [0.2, 0.25) is 0 Å². The van der Waals surface area contributed by atoms with Crippen LogP contribution in [0.5, 0.6) is 0 Å². The van der Waals surface area contributed by atoms with E-state index >= 15 is 0 Å². The number of aromatic nitrogens is 3. The van der Waals surface area contributed by atoms with Gasteiger partial charge in [-0.25, -0.2) is 15.0 Å². The molecule has 22 heavy (non-hydrogen) atoms. The number of nitrogens with zero attached hydrogens (tertiary/aromatic N) is 3. The van der Waals surface area contributed by atoms with Crippen molar-refractivity contribution in [3.63, 3.8) is 0 Å². The molecule has 2 heterocycles. The smallest absolute Gasteiger partial charge is 0.270 e. The minimum Gasteiger partial charge on any atom is -0.373 e. The number of hydrogen-bond acceptors (Lipinski definition) is 5. The lowest BCUT2D eigenvalue weighted by Crippen LogP contribution is -2.23. The zero-order chi connectivity index (χ0) is 15.4. The fourth-order valence-corrected chi connectivity index (χ4v) is 2.14. The third-order valence-corrected chi connectivity index (χ3v) is 3.31. The molecule has 3 rings (SSSR count). The number of carbonyl (C=O) groups excluding carboxylic acids is 1. The molecule has 1 aromatic carbocycles. The first-order valence-electron chi connectivity index (χ1n) is 6.87. The van der Waals surface area contributed by atoms with Gasteiger partial charge in [0.15, 0.2) is 0 Å². The zero-order valence-electron chi connectivity index (χ0n) is 12.1. The number of benzene rings is 1. The molecule has 0 aliphatic rings. The summed E-state index contributed by atoms with van der Waals surface area (Å²) < 4.78 is 0. The lowest BCUT2D eigenvalue weighted by molar-refractivity contribution is 0.0945. The number of pyridine rings is 1. The Hall–Kier alpha value is -3.02. The predicted octanol–water partition coefficient (Wildman–Crippen LogP) is 2.00. The highest BCUT2D eigenvalue weighted by molar-refractivity contribution is 5.92. The standard InChI is InChI=1S/C16H15N5O/c1-17-15-7-12-3-2-11(6-13(12)9-19-15)8-20-16(22)14-4-5-18-10-21-14/h2-7,9-10H,8H2,1H3,(H,17,19)(H,20,22). The van der Waals surface area contributed by atoms with E-state index in [0.29, 0.717) is 12.2 Å². The molecule has 0 radical (unpaired) electrons. The molecule has 2 N–H and O–H groups in total. The fourth-order valence-electron chi connectivity index (χ4n) is 2.14. The van der Waals surface area contributed by atoms with E-state index in [2.05, 4.69) is 25.6 Å². The lowest BCUT2D eigenvalue weighted by atomic mass is 10.1. The minimum atomic E-state index is -0.217. The van der Waals surface area contributed by atoms with Crippen molar-refractivity contribution in [3.8, 4) is 0 Å². The Morgan fingerprint density at radius 2 is 2.05 bits per heavy atom. The molecular weight excluding hydrogens is 278 g/mol. The first kappa shape index (κ1) is 13.9. The molecule has 0 saturated heterocycles. The third-order valence-electron chi connectivity index (χ3n) is 3.31. The maximum atomic E-state index is 11.9. The van der Waals surface area contributed by atoms with E-state index in [9.17, 15) is 4.79 Å². The average molecular weight is 293 g/mol. The molecular formula is C16H15N5O. The summed E-state index contributed by atoms with van der Waals surface area (Å²) in [6.07, 6.45) is 4.72. The molecule has 0 atom stereocenters. The molecule has 1 amide bonds. The summed E-state index contributed by atoms with van der Waals surface area (Å²) in [7, 11) is 1.84. The van der Waals surface area contributed by atoms with Crippen LogP contribution in [0.1, 0.15) is 16.1 Å². The molecule has 0 saturated carbocycles. The van der Waals surface area contributed by atoms with Crippen LogP contribution in [0.2, 0.25) is 0 Å². The van der Waals surface area contributed by atoms with Crippen LogP contribution in [0, 0.1) is 0 Å².